The van der Waals surface area contributed by atoms with Gasteiger partial charge in [-0.15, -0.1) is 0 Å². The Hall–Kier alpha value is 0.270. The minimum Gasteiger partial charge on any atom is -0.507 e. The van der Waals surface area contributed by atoms with Gasteiger partial charge in [-0.3, -0.25) is 0 Å². The zero-order valence-electron chi connectivity index (χ0n) is 6.15. The highest BCUT2D eigenvalue weighted by atomic mass is 79.9. The number of phenolic OH excluding ortho intramolecular Hbond substituents is 1. The molecule has 0 aliphatic rings. The van der Waals surface area contributed by atoms with Crippen LogP contribution < -0.4 is 0 Å². The van der Waals surface area contributed by atoms with Gasteiger partial charge < -0.3 is 5.11 Å². The molecule has 1 N–H and O–H groups in total. The highest BCUT2D eigenvalue weighted by Crippen LogP contribution is 2.30. The van der Waals surface area contributed by atoms with Crippen molar-refractivity contribution in [2.45, 2.75) is 10.7 Å². The van der Waals surface area contributed by atoms with E-state index in [0.29, 0.717) is 21.4 Å². The quantitative estimate of drug-likeness (QED) is 0.823. The first kappa shape index (κ1) is 10.4. The van der Waals surface area contributed by atoms with E-state index >= 15 is 0 Å². The number of hydrogen-bond donors (Lipinski definition) is 1. The van der Waals surface area contributed by atoms with Crippen molar-refractivity contribution in [1.82, 2.24) is 0 Å². The Morgan fingerprint density at radius 3 is 1.92 bits per heavy atom. The van der Waals surface area contributed by atoms with Crippen molar-refractivity contribution in [3.63, 3.8) is 0 Å². The van der Waals surface area contributed by atoms with Gasteiger partial charge in [0.1, 0.15) is 5.75 Å². The third kappa shape index (κ3) is 2.15. The molecule has 0 spiro atoms. The number of aromatic hydroxyl groups is 1. The molecule has 0 atom stereocenters. The second-order valence-corrected chi connectivity index (χ2v) is 3.90. The van der Waals surface area contributed by atoms with Crippen LogP contribution >= 0.6 is 43.5 Å². The maximum Gasteiger partial charge on any atom is 0.123 e. The molecule has 0 bridgehead atoms. The van der Waals surface area contributed by atoms with E-state index in [2.05, 4.69) is 31.9 Å². The van der Waals surface area contributed by atoms with Gasteiger partial charge >= 0.3 is 0 Å². The molecule has 0 unspecified atom stereocenters. The van der Waals surface area contributed by atoms with Crippen molar-refractivity contribution in [2.24, 2.45) is 0 Å². The van der Waals surface area contributed by atoms with Crippen LogP contribution in [0.2, 0.25) is 5.02 Å². The summed E-state index contributed by atoms with van der Waals surface area (Å²) in [6, 6.07) is 3.50. The average molecular weight is 314 g/mol. The topological polar surface area (TPSA) is 20.2 Å². The van der Waals surface area contributed by atoms with Crippen LogP contribution in [0.1, 0.15) is 11.1 Å². The van der Waals surface area contributed by atoms with Crippen LogP contribution in [0.5, 0.6) is 5.75 Å². The first-order chi connectivity index (χ1) is 5.69. The Morgan fingerprint density at radius 1 is 1.17 bits per heavy atom. The van der Waals surface area contributed by atoms with Gasteiger partial charge in [-0.25, -0.2) is 0 Å². The van der Waals surface area contributed by atoms with Gasteiger partial charge in [0.15, 0.2) is 0 Å². The van der Waals surface area contributed by atoms with Crippen LogP contribution in [-0.2, 0) is 10.7 Å². The summed E-state index contributed by atoms with van der Waals surface area (Å²) < 4.78 is 0. The summed E-state index contributed by atoms with van der Waals surface area (Å²) in [7, 11) is 0. The predicted molar refractivity (Wildman–Crippen MR) is 58.4 cm³/mol. The summed E-state index contributed by atoms with van der Waals surface area (Å²) in [5.74, 6) is 0.313. The number of halogens is 3. The molecule has 0 saturated carbocycles. The molecule has 1 aromatic carbocycles. The first-order valence-electron chi connectivity index (χ1n) is 3.31. The Morgan fingerprint density at radius 2 is 1.58 bits per heavy atom. The monoisotopic (exact) mass is 312 g/mol. The summed E-state index contributed by atoms with van der Waals surface area (Å²) in [5, 5.41) is 11.5. The molecule has 1 aromatic rings. The van der Waals surface area contributed by atoms with Crippen LogP contribution in [0, 0.1) is 0 Å². The summed E-state index contributed by atoms with van der Waals surface area (Å²) in [5.41, 5.74) is 1.63. The first-order valence-corrected chi connectivity index (χ1v) is 5.93. The summed E-state index contributed by atoms with van der Waals surface area (Å²) in [4.78, 5) is 0. The highest BCUT2D eigenvalue weighted by Gasteiger charge is 2.06. The normalized spacial score (nSPS) is 10.2. The van der Waals surface area contributed by atoms with Crippen molar-refractivity contribution in [3.05, 3.63) is 28.3 Å². The molecular formula is C8H7Br2ClO. The third-order valence-electron chi connectivity index (χ3n) is 1.52. The van der Waals surface area contributed by atoms with E-state index in [0.717, 1.165) is 11.1 Å². The standard InChI is InChI=1S/C8H7Br2ClO/c9-3-5-1-7(11)2-6(4-10)8(5)12/h1-2,12H,3-4H2. The minimum atomic E-state index is 0.313. The van der Waals surface area contributed by atoms with Crippen molar-refractivity contribution in [2.75, 3.05) is 0 Å². The lowest BCUT2D eigenvalue weighted by Crippen LogP contribution is -1.86. The zero-order chi connectivity index (χ0) is 9.14. The lowest BCUT2D eigenvalue weighted by molar-refractivity contribution is 0.466. The molecule has 0 amide bonds. The number of hydrogen-bond acceptors (Lipinski definition) is 1. The van der Waals surface area contributed by atoms with Gasteiger partial charge in [-0.05, 0) is 12.1 Å². The van der Waals surface area contributed by atoms with Crippen LogP contribution in [0.15, 0.2) is 12.1 Å². The van der Waals surface area contributed by atoms with Crippen LogP contribution in [0.25, 0.3) is 0 Å². The lowest BCUT2D eigenvalue weighted by Gasteiger charge is -2.06. The van der Waals surface area contributed by atoms with Crippen molar-refractivity contribution >= 4 is 43.5 Å². The predicted octanol–water partition coefficient (Wildman–Crippen LogP) is 3.84. The maximum absolute atomic E-state index is 9.59. The lowest BCUT2D eigenvalue weighted by atomic mass is 10.1. The van der Waals surface area contributed by atoms with Gasteiger partial charge in [-0.2, -0.15) is 0 Å². The molecule has 1 rings (SSSR count). The fourth-order valence-electron chi connectivity index (χ4n) is 0.921. The van der Waals surface area contributed by atoms with Crippen LogP contribution in [-0.4, -0.2) is 5.11 Å². The Balaban J connectivity index is 3.22. The molecule has 0 fully saturated rings. The zero-order valence-corrected chi connectivity index (χ0v) is 10.1. The third-order valence-corrected chi connectivity index (χ3v) is 2.95. The highest BCUT2D eigenvalue weighted by molar-refractivity contribution is 9.08. The fraction of sp³-hybridized carbons (Fsp3) is 0.250. The van der Waals surface area contributed by atoms with E-state index in [4.69, 9.17) is 11.6 Å². The van der Waals surface area contributed by atoms with Crippen molar-refractivity contribution in [3.8, 4) is 5.75 Å². The van der Waals surface area contributed by atoms with Crippen molar-refractivity contribution < 1.29 is 5.11 Å². The van der Waals surface area contributed by atoms with Crippen LogP contribution in [0.4, 0.5) is 0 Å². The van der Waals surface area contributed by atoms with Crippen molar-refractivity contribution in [1.29, 1.82) is 0 Å². The Labute approximate surface area is 93.0 Å². The van der Waals surface area contributed by atoms with E-state index in [1.165, 1.54) is 0 Å². The number of benzene rings is 1. The Bertz CT molecular complexity index is 263. The van der Waals surface area contributed by atoms with E-state index in [1.807, 2.05) is 0 Å². The molecular weight excluding hydrogens is 307 g/mol. The smallest absolute Gasteiger partial charge is 0.123 e. The molecule has 0 radical (unpaired) electrons. The molecule has 0 aliphatic heterocycles. The van der Waals surface area contributed by atoms with Gasteiger partial charge in [0.2, 0.25) is 0 Å². The molecule has 0 aromatic heterocycles. The number of alkyl halides is 2. The average Bonchev–Trinajstić information content (AvgIpc) is 2.08. The Kier molecular flexibility index (Phi) is 3.87. The minimum absolute atomic E-state index is 0.313. The van der Waals surface area contributed by atoms with Crippen LogP contribution in [0.3, 0.4) is 0 Å². The second kappa shape index (κ2) is 4.49. The molecule has 0 heterocycles. The van der Waals surface area contributed by atoms with E-state index < -0.39 is 0 Å². The molecule has 1 nitrogen and oxygen atoms in total. The second-order valence-electron chi connectivity index (χ2n) is 2.34. The molecule has 66 valence electrons. The van der Waals surface area contributed by atoms with Gasteiger partial charge in [0.25, 0.3) is 0 Å². The summed E-state index contributed by atoms with van der Waals surface area (Å²) in [6.07, 6.45) is 0. The van der Waals surface area contributed by atoms with E-state index in [9.17, 15) is 5.11 Å². The maximum atomic E-state index is 9.59. The summed E-state index contributed by atoms with van der Waals surface area (Å²) >= 11 is 12.4. The van der Waals surface area contributed by atoms with E-state index in [-0.39, 0.29) is 0 Å². The van der Waals surface area contributed by atoms with Gasteiger partial charge in [0, 0.05) is 26.8 Å². The molecule has 4 heteroatoms. The largest absolute Gasteiger partial charge is 0.507 e. The fourth-order valence-corrected chi connectivity index (χ4v) is 2.04. The number of rotatable bonds is 2. The molecule has 12 heavy (non-hydrogen) atoms. The SMILES string of the molecule is Oc1c(CBr)cc(Cl)cc1CBr. The van der Waals surface area contributed by atoms with Gasteiger partial charge in [-0.1, -0.05) is 43.5 Å². The summed E-state index contributed by atoms with van der Waals surface area (Å²) in [6.45, 7) is 0. The molecule has 0 saturated heterocycles. The molecule has 0 aliphatic carbocycles. The number of phenols is 1. The van der Waals surface area contributed by atoms with Gasteiger partial charge in [0.05, 0.1) is 0 Å². The van der Waals surface area contributed by atoms with E-state index in [1.54, 1.807) is 12.1 Å².